The van der Waals surface area contributed by atoms with Gasteiger partial charge in [-0.25, -0.2) is 0 Å². The van der Waals surface area contributed by atoms with E-state index < -0.39 is 0 Å². The lowest BCUT2D eigenvalue weighted by Gasteiger charge is -2.31. The van der Waals surface area contributed by atoms with E-state index in [-0.39, 0.29) is 6.23 Å². The number of aliphatic hydroxyl groups is 1. The summed E-state index contributed by atoms with van der Waals surface area (Å²) in [4.78, 5) is 0. The van der Waals surface area contributed by atoms with Gasteiger partial charge >= 0.3 is 0 Å². The summed E-state index contributed by atoms with van der Waals surface area (Å²) in [6.07, 6.45) is 2.14. The van der Waals surface area contributed by atoms with Crippen molar-refractivity contribution >= 4 is 0 Å². The fourth-order valence-electron chi connectivity index (χ4n) is 1.54. The number of piperidine rings is 1. The third-order valence-corrected chi connectivity index (χ3v) is 2.44. The van der Waals surface area contributed by atoms with Gasteiger partial charge in [0.15, 0.2) is 0 Å². The number of hydrogen-bond donors (Lipinski definition) is 2. The summed E-state index contributed by atoms with van der Waals surface area (Å²) in [5.41, 5.74) is 0. The molecule has 0 spiro atoms. The molecule has 60 valence electrons. The van der Waals surface area contributed by atoms with Crippen LogP contribution in [0.4, 0.5) is 0 Å². The highest BCUT2D eigenvalue weighted by molar-refractivity contribution is 4.75. The van der Waals surface area contributed by atoms with Crippen LogP contribution in [0.5, 0.6) is 0 Å². The van der Waals surface area contributed by atoms with E-state index in [0.717, 1.165) is 12.5 Å². The first kappa shape index (κ1) is 8.02. The van der Waals surface area contributed by atoms with E-state index in [1.165, 1.54) is 12.8 Å². The van der Waals surface area contributed by atoms with Crippen LogP contribution in [-0.4, -0.2) is 17.9 Å². The van der Waals surface area contributed by atoms with Crippen molar-refractivity contribution in [2.75, 3.05) is 6.54 Å². The van der Waals surface area contributed by atoms with Crippen molar-refractivity contribution in [3.05, 3.63) is 0 Å². The molecule has 0 aromatic carbocycles. The Labute approximate surface area is 62.6 Å². The largest absolute Gasteiger partial charge is 0.378 e. The summed E-state index contributed by atoms with van der Waals surface area (Å²) < 4.78 is 0. The molecule has 3 atom stereocenters. The Morgan fingerprint density at radius 2 is 2.30 bits per heavy atom. The average molecular weight is 143 g/mol. The van der Waals surface area contributed by atoms with E-state index in [4.69, 9.17) is 0 Å². The summed E-state index contributed by atoms with van der Waals surface area (Å²) in [6.45, 7) is 5.29. The second-order valence-corrected chi connectivity index (χ2v) is 3.34. The van der Waals surface area contributed by atoms with Crippen molar-refractivity contribution in [1.82, 2.24) is 5.32 Å². The molecule has 0 aromatic rings. The average Bonchev–Trinajstić information content (AvgIpc) is 1.95. The van der Waals surface area contributed by atoms with Gasteiger partial charge in [-0.2, -0.15) is 0 Å². The van der Waals surface area contributed by atoms with Gasteiger partial charge in [0.25, 0.3) is 0 Å². The first-order valence-electron chi connectivity index (χ1n) is 4.15. The summed E-state index contributed by atoms with van der Waals surface area (Å²) >= 11 is 0. The molecule has 10 heavy (non-hydrogen) atoms. The third-order valence-electron chi connectivity index (χ3n) is 2.44. The van der Waals surface area contributed by atoms with Crippen LogP contribution in [0.2, 0.25) is 0 Å². The Morgan fingerprint density at radius 3 is 2.80 bits per heavy atom. The van der Waals surface area contributed by atoms with Gasteiger partial charge in [-0.05, 0) is 18.3 Å². The summed E-state index contributed by atoms with van der Waals surface area (Å²) in [5, 5.41) is 12.4. The maximum Gasteiger partial charge on any atom is 0.107 e. The highest BCUT2D eigenvalue weighted by atomic mass is 16.3. The molecule has 0 aliphatic carbocycles. The Kier molecular flexibility index (Phi) is 2.69. The highest BCUT2D eigenvalue weighted by Gasteiger charge is 2.23. The van der Waals surface area contributed by atoms with Crippen molar-refractivity contribution in [3.63, 3.8) is 0 Å². The van der Waals surface area contributed by atoms with Crippen LogP contribution in [0.3, 0.4) is 0 Å². The molecule has 0 aromatic heterocycles. The van der Waals surface area contributed by atoms with Crippen LogP contribution >= 0.6 is 0 Å². The number of nitrogens with one attached hydrogen (secondary N) is 1. The van der Waals surface area contributed by atoms with Gasteiger partial charge in [-0.15, -0.1) is 0 Å². The minimum absolute atomic E-state index is 0.261. The molecular formula is C8H17NO. The minimum atomic E-state index is -0.261. The lowest BCUT2D eigenvalue weighted by Crippen LogP contribution is -2.43. The molecule has 0 saturated carbocycles. The molecule has 1 aliphatic heterocycles. The van der Waals surface area contributed by atoms with Crippen molar-refractivity contribution in [3.8, 4) is 0 Å². The normalized spacial score (nSPS) is 41.7. The third kappa shape index (κ3) is 1.70. The monoisotopic (exact) mass is 143 g/mol. The second kappa shape index (κ2) is 3.35. The van der Waals surface area contributed by atoms with E-state index in [0.29, 0.717) is 5.92 Å². The molecular weight excluding hydrogens is 126 g/mol. The van der Waals surface area contributed by atoms with Gasteiger partial charge in [-0.3, -0.25) is 5.32 Å². The molecule has 0 radical (unpaired) electrons. The SMILES string of the molecule is CCC1CNC(O)C(C)C1. The van der Waals surface area contributed by atoms with Crippen molar-refractivity contribution in [2.45, 2.75) is 32.9 Å². The zero-order valence-electron chi connectivity index (χ0n) is 6.80. The fourth-order valence-corrected chi connectivity index (χ4v) is 1.54. The molecule has 1 fully saturated rings. The van der Waals surface area contributed by atoms with E-state index >= 15 is 0 Å². The van der Waals surface area contributed by atoms with E-state index in [9.17, 15) is 5.11 Å². The van der Waals surface area contributed by atoms with E-state index in [1.807, 2.05) is 0 Å². The van der Waals surface area contributed by atoms with Crippen molar-refractivity contribution < 1.29 is 5.11 Å². The zero-order valence-corrected chi connectivity index (χ0v) is 6.80. The zero-order chi connectivity index (χ0) is 7.56. The standard InChI is InChI=1S/C8H17NO/c1-3-7-4-6(2)8(10)9-5-7/h6-10H,3-5H2,1-2H3. The predicted molar refractivity (Wildman–Crippen MR) is 41.6 cm³/mol. The maximum atomic E-state index is 9.28. The van der Waals surface area contributed by atoms with Gasteiger partial charge in [-0.1, -0.05) is 20.3 Å². The van der Waals surface area contributed by atoms with Crippen LogP contribution in [-0.2, 0) is 0 Å². The first-order valence-corrected chi connectivity index (χ1v) is 4.15. The topological polar surface area (TPSA) is 32.3 Å². The number of hydrogen-bond acceptors (Lipinski definition) is 2. The Balaban J connectivity index is 2.33. The molecule has 1 rings (SSSR count). The van der Waals surface area contributed by atoms with Crippen LogP contribution in [0.15, 0.2) is 0 Å². The Hall–Kier alpha value is -0.0800. The van der Waals surface area contributed by atoms with Gasteiger partial charge < -0.3 is 5.11 Å². The lowest BCUT2D eigenvalue weighted by atomic mass is 9.89. The summed E-state index contributed by atoms with van der Waals surface area (Å²) in [5.74, 6) is 1.21. The molecule has 1 saturated heterocycles. The van der Waals surface area contributed by atoms with Gasteiger partial charge in [0.2, 0.25) is 0 Å². The molecule has 2 nitrogen and oxygen atoms in total. The quantitative estimate of drug-likeness (QED) is 0.573. The van der Waals surface area contributed by atoms with E-state index in [2.05, 4.69) is 19.2 Å². The van der Waals surface area contributed by atoms with Gasteiger partial charge in [0, 0.05) is 6.54 Å². The van der Waals surface area contributed by atoms with E-state index in [1.54, 1.807) is 0 Å². The van der Waals surface area contributed by atoms with Crippen LogP contribution in [0.1, 0.15) is 26.7 Å². The molecule has 1 heterocycles. The van der Waals surface area contributed by atoms with Crippen molar-refractivity contribution in [1.29, 1.82) is 0 Å². The second-order valence-electron chi connectivity index (χ2n) is 3.34. The first-order chi connectivity index (χ1) is 4.74. The lowest BCUT2D eigenvalue weighted by molar-refractivity contribution is 0.0383. The van der Waals surface area contributed by atoms with Gasteiger partial charge in [0.1, 0.15) is 6.23 Å². The molecule has 1 aliphatic rings. The number of rotatable bonds is 1. The molecule has 2 N–H and O–H groups in total. The molecule has 0 amide bonds. The summed E-state index contributed by atoms with van der Waals surface area (Å²) in [7, 11) is 0. The molecule has 0 bridgehead atoms. The van der Waals surface area contributed by atoms with Gasteiger partial charge in [0.05, 0.1) is 0 Å². The Bertz CT molecular complexity index is 105. The Morgan fingerprint density at radius 1 is 1.60 bits per heavy atom. The van der Waals surface area contributed by atoms with Crippen molar-refractivity contribution in [2.24, 2.45) is 11.8 Å². The summed E-state index contributed by atoms with van der Waals surface area (Å²) in [6, 6.07) is 0. The predicted octanol–water partition coefficient (Wildman–Crippen LogP) is 0.960. The number of aliphatic hydroxyl groups excluding tert-OH is 1. The van der Waals surface area contributed by atoms with Crippen LogP contribution in [0, 0.1) is 11.8 Å². The van der Waals surface area contributed by atoms with Crippen LogP contribution in [0.25, 0.3) is 0 Å². The smallest absolute Gasteiger partial charge is 0.107 e. The maximum absolute atomic E-state index is 9.28. The molecule has 2 heteroatoms. The highest BCUT2D eigenvalue weighted by Crippen LogP contribution is 2.21. The fraction of sp³-hybridized carbons (Fsp3) is 1.00. The molecule has 3 unspecified atom stereocenters. The minimum Gasteiger partial charge on any atom is -0.378 e. The van der Waals surface area contributed by atoms with Crippen LogP contribution < -0.4 is 5.32 Å².